The molecule has 8 nitrogen and oxygen atoms in total. The molecule has 0 aliphatic heterocycles. The van der Waals surface area contributed by atoms with Gasteiger partial charge in [0.1, 0.15) is 0 Å². The predicted molar refractivity (Wildman–Crippen MR) is 78.9 cm³/mol. The summed E-state index contributed by atoms with van der Waals surface area (Å²) in [4.78, 5) is 23.6. The van der Waals surface area contributed by atoms with Gasteiger partial charge in [-0.25, -0.2) is 0 Å². The molecule has 0 unspecified atom stereocenters. The number of carbonyl (C=O) groups excluding carboxylic acids is 2. The molecular weight excluding hydrogens is 260 g/mol. The second-order valence-corrected chi connectivity index (χ2v) is 4.56. The molecule has 0 fully saturated rings. The fourth-order valence-corrected chi connectivity index (χ4v) is 1.64. The van der Waals surface area contributed by atoms with E-state index in [4.69, 9.17) is 17.2 Å². The lowest BCUT2D eigenvalue weighted by Crippen LogP contribution is -2.39. The summed E-state index contributed by atoms with van der Waals surface area (Å²) in [6, 6.07) is 0. The molecule has 0 saturated carbocycles. The normalized spacial score (nSPS) is 10.9. The quantitative estimate of drug-likeness (QED) is 0.218. The summed E-state index contributed by atoms with van der Waals surface area (Å²) in [5.74, 6) is -0.610. The van der Waals surface area contributed by atoms with Crippen molar-refractivity contribution in [1.82, 2.24) is 15.5 Å². The molecule has 0 bridgehead atoms. The van der Waals surface area contributed by atoms with Crippen LogP contribution in [0.3, 0.4) is 0 Å². The maximum atomic E-state index is 10.8. The summed E-state index contributed by atoms with van der Waals surface area (Å²) in [6.45, 7) is 5.76. The number of carbonyl (C=O) groups is 2. The molecule has 0 heterocycles. The van der Waals surface area contributed by atoms with E-state index in [-0.39, 0.29) is 11.8 Å². The van der Waals surface area contributed by atoms with Crippen molar-refractivity contribution < 1.29 is 9.59 Å². The van der Waals surface area contributed by atoms with Gasteiger partial charge >= 0.3 is 0 Å². The number of rotatable bonds is 14. The first kappa shape index (κ1) is 18.8. The lowest BCUT2D eigenvalue weighted by atomic mass is 10.3. The molecule has 8 heteroatoms. The third kappa shape index (κ3) is 13.2. The molecule has 20 heavy (non-hydrogen) atoms. The number of primary amides is 2. The van der Waals surface area contributed by atoms with Crippen LogP contribution in [0.1, 0.15) is 12.8 Å². The molecule has 118 valence electrons. The van der Waals surface area contributed by atoms with E-state index >= 15 is 0 Å². The highest BCUT2D eigenvalue weighted by Crippen LogP contribution is 1.90. The van der Waals surface area contributed by atoms with E-state index in [1.165, 1.54) is 0 Å². The minimum absolute atomic E-state index is 0.299. The molecule has 0 atom stereocenters. The van der Waals surface area contributed by atoms with Crippen molar-refractivity contribution in [2.75, 3.05) is 52.4 Å². The minimum atomic E-state index is -0.311. The summed E-state index contributed by atoms with van der Waals surface area (Å²) in [5, 5.41) is 6.34. The summed E-state index contributed by atoms with van der Waals surface area (Å²) < 4.78 is 0. The van der Waals surface area contributed by atoms with Gasteiger partial charge in [-0.3, -0.25) is 9.59 Å². The summed E-state index contributed by atoms with van der Waals surface area (Å²) in [5.41, 5.74) is 15.6. The first-order valence-electron chi connectivity index (χ1n) is 6.96. The van der Waals surface area contributed by atoms with Crippen LogP contribution < -0.4 is 27.8 Å². The number of hydrogen-bond acceptors (Lipinski definition) is 6. The van der Waals surface area contributed by atoms with Crippen LogP contribution in [0.2, 0.25) is 0 Å². The topological polar surface area (TPSA) is 140 Å². The predicted octanol–water partition coefficient (Wildman–Crippen LogP) is -2.82. The van der Waals surface area contributed by atoms with Crippen molar-refractivity contribution in [2.24, 2.45) is 17.2 Å². The van der Waals surface area contributed by atoms with Crippen molar-refractivity contribution in [3.05, 3.63) is 0 Å². The van der Waals surface area contributed by atoms with E-state index in [2.05, 4.69) is 15.5 Å². The van der Waals surface area contributed by atoms with Gasteiger partial charge in [-0.05, 0) is 0 Å². The molecule has 2 amide bonds. The first-order chi connectivity index (χ1) is 9.56. The number of amides is 2. The summed E-state index contributed by atoms with van der Waals surface area (Å²) in [6.07, 6.45) is 0.678. The molecule has 0 rings (SSSR count). The van der Waals surface area contributed by atoms with Crippen LogP contribution in [0.5, 0.6) is 0 Å². The van der Waals surface area contributed by atoms with Crippen molar-refractivity contribution in [1.29, 1.82) is 0 Å². The number of nitrogens with zero attached hydrogens (tertiary/aromatic N) is 1. The minimum Gasteiger partial charge on any atom is -0.370 e. The van der Waals surface area contributed by atoms with Gasteiger partial charge in [-0.15, -0.1) is 0 Å². The molecule has 8 N–H and O–H groups in total. The zero-order valence-electron chi connectivity index (χ0n) is 12.1. The van der Waals surface area contributed by atoms with E-state index in [1.807, 2.05) is 0 Å². The van der Waals surface area contributed by atoms with Crippen LogP contribution in [0, 0.1) is 0 Å². The Kier molecular flexibility index (Phi) is 12.0. The fourth-order valence-electron chi connectivity index (χ4n) is 1.64. The van der Waals surface area contributed by atoms with Gasteiger partial charge in [0.15, 0.2) is 0 Å². The maximum Gasteiger partial charge on any atom is 0.218 e. The van der Waals surface area contributed by atoms with Gasteiger partial charge in [0.05, 0.1) is 0 Å². The Labute approximate surface area is 120 Å². The third-order valence-corrected chi connectivity index (χ3v) is 2.75. The Bertz CT molecular complexity index is 275. The van der Waals surface area contributed by atoms with E-state index in [1.54, 1.807) is 0 Å². The second-order valence-electron chi connectivity index (χ2n) is 4.56. The lowest BCUT2D eigenvalue weighted by Gasteiger charge is -2.22. The zero-order chi connectivity index (χ0) is 15.2. The zero-order valence-corrected chi connectivity index (χ0v) is 12.1. The average Bonchev–Trinajstić information content (AvgIpc) is 2.38. The molecule has 0 aliphatic carbocycles. The molecule has 0 aromatic carbocycles. The molecule has 0 aliphatic rings. The highest BCUT2D eigenvalue weighted by atomic mass is 16.1. The Hall–Kier alpha value is -1.22. The van der Waals surface area contributed by atoms with Gasteiger partial charge < -0.3 is 32.7 Å². The van der Waals surface area contributed by atoms with Crippen LogP contribution in [0.15, 0.2) is 0 Å². The van der Waals surface area contributed by atoms with Crippen LogP contribution in [0.25, 0.3) is 0 Å². The van der Waals surface area contributed by atoms with Gasteiger partial charge in [0.2, 0.25) is 11.8 Å². The van der Waals surface area contributed by atoms with Crippen LogP contribution in [0.4, 0.5) is 0 Å². The van der Waals surface area contributed by atoms with E-state index in [0.717, 1.165) is 32.7 Å². The van der Waals surface area contributed by atoms with Crippen LogP contribution in [-0.4, -0.2) is 69.1 Å². The number of nitrogens with two attached hydrogens (primary N) is 3. The van der Waals surface area contributed by atoms with Crippen molar-refractivity contribution >= 4 is 11.8 Å². The highest BCUT2D eigenvalue weighted by Gasteiger charge is 2.06. The Morgan fingerprint density at radius 2 is 1.35 bits per heavy atom. The van der Waals surface area contributed by atoms with E-state index < -0.39 is 0 Å². The summed E-state index contributed by atoms with van der Waals surface area (Å²) in [7, 11) is 0. The number of hydrogen-bond donors (Lipinski definition) is 5. The lowest BCUT2D eigenvalue weighted by molar-refractivity contribution is -0.119. The highest BCUT2D eigenvalue weighted by molar-refractivity contribution is 5.74. The SMILES string of the molecule is NCCNCCN(CCNCCC(N)=O)CCC(N)=O. The maximum absolute atomic E-state index is 10.8. The van der Waals surface area contributed by atoms with E-state index in [0.29, 0.717) is 32.5 Å². The molecular formula is C12H28N6O2. The molecule has 0 saturated heterocycles. The van der Waals surface area contributed by atoms with Crippen molar-refractivity contribution in [3.8, 4) is 0 Å². The second kappa shape index (κ2) is 12.8. The third-order valence-electron chi connectivity index (χ3n) is 2.75. The summed E-state index contributed by atoms with van der Waals surface area (Å²) >= 11 is 0. The average molecular weight is 288 g/mol. The first-order valence-corrected chi connectivity index (χ1v) is 6.96. The van der Waals surface area contributed by atoms with Gasteiger partial charge in [-0.1, -0.05) is 0 Å². The molecule has 0 spiro atoms. The van der Waals surface area contributed by atoms with Gasteiger partial charge in [-0.2, -0.15) is 0 Å². The largest absolute Gasteiger partial charge is 0.370 e. The fraction of sp³-hybridized carbons (Fsp3) is 0.833. The smallest absolute Gasteiger partial charge is 0.218 e. The molecule has 0 aromatic heterocycles. The van der Waals surface area contributed by atoms with E-state index in [9.17, 15) is 9.59 Å². The molecule has 0 radical (unpaired) electrons. The standard InChI is InChI=1S/C12H28N6O2/c13-3-5-17-7-10-18(8-2-12(15)20)9-6-16-4-1-11(14)19/h16-17H,1-10,13H2,(H2,14,19)(H2,15,20). The Morgan fingerprint density at radius 1 is 0.800 bits per heavy atom. The Balaban J connectivity index is 3.79. The molecule has 0 aromatic rings. The Morgan fingerprint density at radius 3 is 1.85 bits per heavy atom. The van der Waals surface area contributed by atoms with Gasteiger partial charge in [0.25, 0.3) is 0 Å². The van der Waals surface area contributed by atoms with Gasteiger partial charge in [0, 0.05) is 65.2 Å². The van der Waals surface area contributed by atoms with Crippen molar-refractivity contribution in [3.63, 3.8) is 0 Å². The van der Waals surface area contributed by atoms with Crippen molar-refractivity contribution in [2.45, 2.75) is 12.8 Å². The number of nitrogens with one attached hydrogen (secondary N) is 2. The van der Waals surface area contributed by atoms with Crippen LogP contribution in [-0.2, 0) is 9.59 Å². The van der Waals surface area contributed by atoms with Crippen LogP contribution >= 0.6 is 0 Å². The monoisotopic (exact) mass is 288 g/mol.